The molecule has 0 radical (unpaired) electrons. The average Bonchev–Trinajstić information content (AvgIpc) is 3.07. The molecular formula is C12H21N3O2. The standard InChI is InChI=1S/C12H21N3O2/c13-10-3-1-2-9(10)12(17)15-7-6-14-11(16)8-4-5-8/h8-10H,1-7,13H2,(H,14,16)(H,15,17). The van der Waals surface area contributed by atoms with Crippen LogP contribution in [0, 0.1) is 11.8 Å². The molecule has 0 aromatic carbocycles. The second-order valence-electron chi connectivity index (χ2n) is 5.06. The van der Waals surface area contributed by atoms with Gasteiger partial charge in [-0.05, 0) is 25.7 Å². The number of rotatable bonds is 5. The minimum Gasteiger partial charge on any atom is -0.354 e. The van der Waals surface area contributed by atoms with Crippen LogP contribution >= 0.6 is 0 Å². The van der Waals surface area contributed by atoms with Crippen molar-refractivity contribution in [3.8, 4) is 0 Å². The summed E-state index contributed by atoms with van der Waals surface area (Å²) in [7, 11) is 0. The van der Waals surface area contributed by atoms with Gasteiger partial charge in [-0.1, -0.05) is 6.42 Å². The van der Waals surface area contributed by atoms with Gasteiger partial charge < -0.3 is 16.4 Å². The van der Waals surface area contributed by atoms with Gasteiger partial charge in [-0.25, -0.2) is 0 Å². The summed E-state index contributed by atoms with van der Waals surface area (Å²) in [5.41, 5.74) is 5.85. The summed E-state index contributed by atoms with van der Waals surface area (Å²) in [4.78, 5) is 23.1. The van der Waals surface area contributed by atoms with E-state index < -0.39 is 0 Å². The third kappa shape index (κ3) is 3.43. The molecule has 2 rings (SSSR count). The van der Waals surface area contributed by atoms with E-state index in [0.29, 0.717) is 13.1 Å². The fourth-order valence-corrected chi connectivity index (χ4v) is 2.31. The first-order chi connectivity index (χ1) is 8.18. The number of amides is 2. The Hall–Kier alpha value is -1.10. The van der Waals surface area contributed by atoms with E-state index in [0.717, 1.165) is 32.1 Å². The molecule has 4 N–H and O–H groups in total. The maximum Gasteiger partial charge on any atom is 0.224 e. The van der Waals surface area contributed by atoms with Gasteiger partial charge in [-0.15, -0.1) is 0 Å². The third-order valence-corrected chi connectivity index (χ3v) is 3.58. The first-order valence-electron chi connectivity index (χ1n) is 6.49. The lowest BCUT2D eigenvalue weighted by molar-refractivity contribution is -0.126. The highest BCUT2D eigenvalue weighted by Crippen LogP contribution is 2.28. The summed E-state index contributed by atoms with van der Waals surface area (Å²) in [5.74, 6) is 0.357. The lowest BCUT2D eigenvalue weighted by Crippen LogP contribution is -2.41. The Balaban J connectivity index is 1.58. The van der Waals surface area contributed by atoms with Gasteiger partial charge in [0.1, 0.15) is 0 Å². The highest BCUT2D eigenvalue weighted by atomic mass is 16.2. The van der Waals surface area contributed by atoms with Crippen molar-refractivity contribution in [2.24, 2.45) is 17.6 Å². The Bertz CT molecular complexity index is 302. The fraction of sp³-hybridized carbons (Fsp3) is 0.833. The molecule has 0 aromatic rings. The molecule has 2 unspecified atom stereocenters. The smallest absolute Gasteiger partial charge is 0.224 e. The van der Waals surface area contributed by atoms with E-state index in [1.54, 1.807) is 0 Å². The lowest BCUT2D eigenvalue weighted by Gasteiger charge is -2.15. The second kappa shape index (κ2) is 5.49. The molecule has 0 saturated heterocycles. The molecule has 2 aliphatic rings. The Morgan fingerprint density at radius 1 is 1.00 bits per heavy atom. The van der Waals surface area contributed by atoms with Crippen LogP contribution in [0.5, 0.6) is 0 Å². The predicted molar refractivity (Wildman–Crippen MR) is 64.1 cm³/mol. The van der Waals surface area contributed by atoms with E-state index in [2.05, 4.69) is 10.6 Å². The molecule has 2 aliphatic carbocycles. The van der Waals surface area contributed by atoms with Crippen LogP contribution in [-0.4, -0.2) is 30.9 Å². The van der Waals surface area contributed by atoms with E-state index in [4.69, 9.17) is 5.73 Å². The van der Waals surface area contributed by atoms with E-state index in [1.165, 1.54) is 0 Å². The number of nitrogens with one attached hydrogen (secondary N) is 2. The summed E-state index contributed by atoms with van der Waals surface area (Å²) in [5, 5.41) is 5.65. The largest absolute Gasteiger partial charge is 0.354 e. The molecule has 0 spiro atoms. The SMILES string of the molecule is NC1CCCC1C(=O)NCCNC(=O)C1CC1. The van der Waals surface area contributed by atoms with Crippen molar-refractivity contribution in [3.05, 3.63) is 0 Å². The van der Waals surface area contributed by atoms with Gasteiger partial charge in [0.25, 0.3) is 0 Å². The van der Waals surface area contributed by atoms with Crippen molar-refractivity contribution in [3.63, 3.8) is 0 Å². The number of hydrogen-bond donors (Lipinski definition) is 3. The maximum atomic E-state index is 11.7. The summed E-state index contributed by atoms with van der Waals surface area (Å²) in [6.07, 6.45) is 4.89. The highest BCUT2D eigenvalue weighted by Gasteiger charge is 2.30. The first kappa shape index (κ1) is 12.4. The molecule has 2 atom stereocenters. The molecule has 0 heterocycles. The van der Waals surface area contributed by atoms with Crippen molar-refractivity contribution in [2.75, 3.05) is 13.1 Å². The van der Waals surface area contributed by atoms with Crippen LogP contribution in [-0.2, 0) is 9.59 Å². The Labute approximate surface area is 102 Å². The van der Waals surface area contributed by atoms with Crippen molar-refractivity contribution >= 4 is 11.8 Å². The third-order valence-electron chi connectivity index (χ3n) is 3.58. The van der Waals surface area contributed by atoms with Gasteiger partial charge in [0.05, 0.1) is 5.92 Å². The van der Waals surface area contributed by atoms with E-state index in [9.17, 15) is 9.59 Å². The second-order valence-corrected chi connectivity index (χ2v) is 5.06. The Kier molecular flexibility index (Phi) is 3.99. The molecular weight excluding hydrogens is 218 g/mol. The first-order valence-corrected chi connectivity index (χ1v) is 6.49. The Morgan fingerprint density at radius 3 is 2.18 bits per heavy atom. The molecule has 0 aromatic heterocycles. The van der Waals surface area contributed by atoms with Gasteiger partial charge in [-0.2, -0.15) is 0 Å². The number of hydrogen-bond acceptors (Lipinski definition) is 3. The normalized spacial score (nSPS) is 27.8. The lowest BCUT2D eigenvalue weighted by atomic mass is 10.0. The van der Waals surface area contributed by atoms with Crippen LogP contribution in [0.1, 0.15) is 32.1 Å². The summed E-state index contributed by atoms with van der Waals surface area (Å²) >= 11 is 0. The number of carbonyl (C=O) groups excluding carboxylic acids is 2. The van der Waals surface area contributed by atoms with Crippen LogP contribution in [0.25, 0.3) is 0 Å². The molecule has 0 aliphatic heterocycles. The van der Waals surface area contributed by atoms with Gasteiger partial charge in [-0.3, -0.25) is 9.59 Å². The van der Waals surface area contributed by atoms with Crippen molar-refractivity contribution in [2.45, 2.75) is 38.1 Å². The topological polar surface area (TPSA) is 84.2 Å². The molecule has 5 heteroatoms. The summed E-state index contributed by atoms with van der Waals surface area (Å²) < 4.78 is 0. The van der Waals surface area contributed by atoms with E-state index >= 15 is 0 Å². The minimum absolute atomic E-state index is 0.0102. The van der Waals surface area contributed by atoms with Crippen LogP contribution < -0.4 is 16.4 Å². The quantitative estimate of drug-likeness (QED) is 0.579. The molecule has 2 saturated carbocycles. The highest BCUT2D eigenvalue weighted by molar-refractivity contribution is 5.81. The van der Waals surface area contributed by atoms with Crippen molar-refractivity contribution in [1.82, 2.24) is 10.6 Å². The molecule has 5 nitrogen and oxygen atoms in total. The van der Waals surface area contributed by atoms with Gasteiger partial charge in [0, 0.05) is 25.0 Å². The van der Waals surface area contributed by atoms with Crippen molar-refractivity contribution in [1.29, 1.82) is 0 Å². The zero-order valence-corrected chi connectivity index (χ0v) is 10.1. The molecule has 96 valence electrons. The van der Waals surface area contributed by atoms with Gasteiger partial charge in [0.2, 0.25) is 11.8 Å². The van der Waals surface area contributed by atoms with Gasteiger partial charge in [0.15, 0.2) is 0 Å². The number of nitrogens with two attached hydrogens (primary N) is 1. The number of carbonyl (C=O) groups is 2. The summed E-state index contributed by atoms with van der Waals surface area (Å²) in [6.45, 7) is 1.02. The van der Waals surface area contributed by atoms with Crippen LogP contribution in [0.3, 0.4) is 0 Å². The average molecular weight is 239 g/mol. The van der Waals surface area contributed by atoms with Gasteiger partial charge >= 0.3 is 0 Å². The predicted octanol–water partition coefficient (Wildman–Crippen LogP) is -0.244. The monoisotopic (exact) mass is 239 g/mol. The van der Waals surface area contributed by atoms with E-state index in [-0.39, 0.29) is 29.7 Å². The van der Waals surface area contributed by atoms with Crippen LogP contribution in [0.15, 0.2) is 0 Å². The van der Waals surface area contributed by atoms with E-state index in [1.807, 2.05) is 0 Å². The van der Waals surface area contributed by atoms with Crippen molar-refractivity contribution < 1.29 is 9.59 Å². The molecule has 2 amide bonds. The minimum atomic E-state index is -0.0332. The Morgan fingerprint density at radius 2 is 1.65 bits per heavy atom. The fourth-order valence-electron chi connectivity index (χ4n) is 2.31. The zero-order valence-electron chi connectivity index (χ0n) is 10.1. The molecule has 0 bridgehead atoms. The zero-order chi connectivity index (χ0) is 12.3. The molecule has 17 heavy (non-hydrogen) atoms. The summed E-state index contributed by atoms with van der Waals surface area (Å²) in [6, 6.07) is 0.0102. The van der Waals surface area contributed by atoms with Crippen LogP contribution in [0.4, 0.5) is 0 Å². The maximum absolute atomic E-state index is 11.7. The van der Waals surface area contributed by atoms with Crippen LogP contribution in [0.2, 0.25) is 0 Å². The molecule has 2 fully saturated rings.